The highest BCUT2D eigenvalue weighted by atomic mass is 79.9. The average molecular weight is 442 g/mol. The van der Waals surface area contributed by atoms with Crippen LogP contribution in [0.3, 0.4) is 0 Å². The third-order valence-electron chi connectivity index (χ3n) is 4.73. The van der Waals surface area contributed by atoms with Crippen molar-refractivity contribution in [3.63, 3.8) is 0 Å². The molecule has 3 aromatic rings. The minimum atomic E-state index is -0.183. The maximum absolute atomic E-state index is 12.3. The molecule has 0 aliphatic rings. The summed E-state index contributed by atoms with van der Waals surface area (Å²) in [6.07, 6.45) is 2.62. The van der Waals surface area contributed by atoms with Crippen molar-refractivity contribution in [3.8, 4) is 0 Å². The highest BCUT2D eigenvalue weighted by molar-refractivity contribution is 9.09. The summed E-state index contributed by atoms with van der Waals surface area (Å²) >= 11 is 3.21. The zero-order valence-electron chi connectivity index (χ0n) is 15.8. The van der Waals surface area contributed by atoms with Crippen molar-refractivity contribution >= 4 is 38.6 Å². The number of aromatic amines is 1. The minimum Gasteiger partial charge on any atom is -0.361 e. The smallest absolute Gasteiger partial charge is 0.230 e. The molecule has 0 aliphatic heterocycles. The van der Waals surface area contributed by atoms with E-state index in [2.05, 4.69) is 32.3 Å². The van der Waals surface area contributed by atoms with Gasteiger partial charge in [-0.2, -0.15) is 0 Å². The molecule has 1 aromatic heterocycles. The fraction of sp³-hybridized carbons (Fsp3) is 0.273. The van der Waals surface area contributed by atoms with E-state index in [4.69, 9.17) is 0 Å². The van der Waals surface area contributed by atoms with E-state index >= 15 is 0 Å². The molecule has 0 radical (unpaired) electrons. The lowest BCUT2D eigenvalue weighted by Crippen LogP contribution is -2.46. The van der Waals surface area contributed by atoms with Crippen molar-refractivity contribution in [3.05, 3.63) is 71.9 Å². The number of carbonyl (C=O) groups excluding carboxylic acids is 2. The highest BCUT2D eigenvalue weighted by Gasteiger charge is 2.20. The standard InChI is InChI=1S/C22H24BrN3O2/c1-16(27)26(14-17-7-3-2-4-8-17)15-19(25-22(28)12-23)11-18-13-24-21-10-6-5-9-20(18)21/h2-10,13,19,24H,11-12,14-15H2,1H3,(H,25,28). The van der Waals surface area contributed by atoms with Crippen LogP contribution in [0.4, 0.5) is 0 Å². The molecular formula is C22H24BrN3O2. The molecule has 1 heterocycles. The Hall–Kier alpha value is -2.60. The molecule has 1 unspecified atom stereocenters. The van der Waals surface area contributed by atoms with Gasteiger partial charge in [0, 0.05) is 37.1 Å². The van der Waals surface area contributed by atoms with Gasteiger partial charge in [-0.25, -0.2) is 0 Å². The zero-order chi connectivity index (χ0) is 19.9. The van der Waals surface area contributed by atoms with Crippen LogP contribution in [0.25, 0.3) is 10.9 Å². The van der Waals surface area contributed by atoms with Crippen LogP contribution in [0, 0.1) is 0 Å². The Labute approximate surface area is 173 Å². The Balaban J connectivity index is 1.79. The predicted octanol–water partition coefficient (Wildman–Crippen LogP) is 3.64. The summed E-state index contributed by atoms with van der Waals surface area (Å²) in [6, 6.07) is 17.8. The second-order valence-corrected chi connectivity index (χ2v) is 7.41. The number of nitrogens with one attached hydrogen (secondary N) is 2. The van der Waals surface area contributed by atoms with Crippen LogP contribution in [-0.2, 0) is 22.6 Å². The van der Waals surface area contributed by atoms with Gasteiger partial charge in [-0.15, -0.1) is 0 Å². The van der Waals surface area contributed by atoms with E-state index in [0.717, 1.165) is 22.0 Å². The predicted molar refractivity (Wildman–Crippen MR) is 115 cm³/mol. The molecule has 146 valence electrons. The summed E-state index contributed by atoms with van der Waals surface area (Å²) in [4.78, 5) is 29.4. The number of fused-ring (bicyclic) bond motifs is 1. The molecule has 3 rings (SSSR count). The van der Waals surface area contributed by atoms with E-state index in [9.17, 15) is 9.59 Å². The Morgan fingerprint density at radius 2 is 1.82 bits per heavy atom. The first-order valence-corrected chi connectivity index (χ1v) is 10.4. The van der Waals surface area contributed by atoms with Gasteiger partial charge in [0.2, 0.25) is 11.8 Å². The molecule has 2 aromatic carbocycles. The largest absolute Gasteiger partial charge is 0.361 e. The molecule has 28 heavy (non-hydrogen) atoms. The first-order chi connectivity index (χ1) is 13.6. The van der Waals surface area contributed by atoms with Crippen molar-refractivity contribution in [2.24, 2.45) is 0 Å². The number of hydrogen-bond acceptors (Lipinski definition) is 2. The molecule has 2 N–H and O–H groups in total. The van der Waals surface area contributed by atoms with Crippen LogP contribution in [-0.4, -0.2) is 39.6 Å². The molecule has 0 saturated carbocycles. The first kappa shape index (κ1) is 20.1. The van der Waals surface area contributed by atoms with Crippen LogP contribution >= 0.6 is 15.9 Å². The number of para-hydroxylation sites is 1. The molecule has 1 atom stereocenters. The van der Waals surface area contributed by atoms with Gasteiger partial charge in [-0.1, -0.05) is 64.5 Å². The number of rotatable bonds is 8. The number of aromatic nitrogens is 1. The quantitative estimate of drug-likeness (QED) is 0.524. The van der Waals surface area contributed by atoms with Crippen molar-refractivity contribution in [1.29, 1.82) is 0 Å². The van der Waals surface area contributed by atoms with Crippen LogP contribution in [0.5, 0.6) is 0 Å². The molecule has 0 fully saturated rings. The summed E-state index contributed by atoms with van der Waals surface area (Å²) in [7, 11) is 0. The second-order valence-electron chi connectivity index (χ2n) is 6.85. The molecule has 0 spiro atoms. The van der Waals surface area contributed by atoms with Crippen LogP contribution in [0.2, 0.25) is 0 Å². The molecule has 2 amide bonds. The van der Waals surface area contributed by atoms with Gasteiger partial charge in [-0.05, 0) is 23.6 Å². The number of alkyl halides is 1. The van der Waals surface area contributed by atoms with Gasteiger partial charge in [0.15, 0.2) is 0 Å². The number of carbonyl (C=O) groups is 2. The number of nitrogens with zero attached hydrogens (tertiary/aromatic N) is 1. The van der Waals surface area contributed by atoms with Gasteiger partial charge in [0.05, 0.1) is 11.4 Å². The molecule has 0 saturated heterocycles. The van der Waals surface area contributed by atoms with E-state index in [1.54, 1.807) is 11.8 Å². The van der Waals surface area contributed by atoms with Gasteiger partial charge in [0.1, 0.15) is 0 Å². The van der Waals surface area contributed by atoms with E-state index in [1.165, 1.54) is 0 Å². The lowest BCUT2D eigenvalue weighted by atomic mass is 10.0. The number of halogens is 1. The fourth-order valence-corrected chi connectivity index (χ4v) is 3.53. The van der Waals surface area contributed by atoms with Gasteiger partial charge >= 0.3 is 0 Å². The second kappa shape index (κ2) is 9.55. The van der Waals surface area contributed by atoms with E-state index in [1.807, 2.05) is 54.7 Å². The molecule has 5 nitrogen and oxygen atoms in total. The summed E-state index contributed by atoms with van der Waals surface area (Å²) in [6.45, 7) is 2.53. The lowest BCUT2D eigenvalue weighted by Gasteiger charge is -2.27. The Kier molecular flexibility index (Phi) is 6.87. The molecule has 0 bridgehead atoms. The third kappa shape index (κ3) is 5.23. The average Bonchev–Trinajstić information content (AvgIpc) is 3.11. The lowest BCUT2D eigenvalue weighted by molar-refractivity contribution is -0.130. The first-order valence-electron chi connectivity index (χ1n) is 9.26. The van der Waals surface area contributed by atoms with Crippen LogP contribution in [0.15, 0.2) is 60.8 Å². The Morgan fingerprint density at radius 1 is 1.11 bits per heavy atom. The normalized spacial score (nSPS) is 11.9. The maximum atomic E-state index is 12.3. The van der Waals surface area contributed by atoms with E-state index in [0.29, 0.717) is 19.5 Å². The van der Waals surface area contributed by atoms with Gasteiger partial charge in [0.25, 0.3) is 0 Å². The molecular weight excluding hydrogens is 418 g/mol. The highest BCUT2D eigenvalue weighted by Crippen LogP contribution is 2.19. The zero-order valence-corrected chi connectivity index (χ0v) is 17.4. The third-order valence-corrected chi connectivity index (χ3v) is 5.24. The minimum absolute atomic E-state index is 0.0131. The van der Waals surface area contributed by atoms with Gasteiger partial charge in [-0.3, -0.25) is 9.59 Å². The Morgan fingerprint density at radius 3 is 2.54 bits per heavy atom. The summed E-state index contributed by atoms with van der Waals surface area (Å²) in [5.41, 5.74) is 3.25. The summed E-state index contributed by atoms with van der Waals surface area (Å²) < 4.78 is 0. The number of amides is 2. The summed E-state index contributed by atoms with van der Waals surface area (Å²) in [5, 5.41) is 4.42. The maximum Gasteiger partial charge on any atom is 0.230 e. The van der Waals surface area contributed by atoms with Crippen molar-refractivity contribution in [1.82, 2.24) is 15.2 Å². The molecule has 0 aliphatic carbocycles. The topological polar surface area (TPSA) is 65.2 Å². The number of hydrogen-bond donors (Lipinski definition) is 2. The van der Waals surface area contributed by atoms with Crippen molar-refractivity contribution in [2.45, 2.75) is 25.9 Å². The fourth-order valence-electron chi connectivity index (χ4n) is 3.37. The SMILES string of the molecule is CC(=O)N(Cc1ccccc1)CC(Cc1c[nH]c2ccccc12)NC(=O)CBr. The molecule has 6 heteroatoms. The van der Waals surface area contributed by atoms with Crippen molar-refractivity contribution < 1.29 is 9.59 Å². The van der Waals surface area contributed by atoms with Crippen LogP contribution in [0.1, 0.15) is 18.1 Å². The van der Waals surface area contributed by atoms with E-state index < -0.39 is 0 Å². The van der Waals surface area contributed by atoms with Crippen molar-refractivity contribution in [2.75, 3.05) is 11.9 Å². The van der Waals surface area contributed by atoms with Crippen LogP contribution < -0.4 is 5.32 Å². The summed E-state index contributed by atoms with van der Waals surface area (Å²) in [5.74, 6) is -0.103. The van der Waals surface area contributed by atoms with Gasteiger partial charge < -0.3 is 15.2 Å². The monoisotopic (exact) mass is 441 g/mol. The Bertz CT molecular complexity index is 939. The van der Waals surface area contributed by atoms with E-state index in [-0.39, 0.29) is 23.2 Å². The number of H-pyrrole nitrogens is 1. The number of benzene rings is 2.